The van der Waals surface area contributed by atoms with Gasteiger partial charge in [0.05, 0.1) is 0 Å². The molecule has 0 N–H and O–H groups in total. The van der Waals surface area contributed by atoms with Crippen LogP contribution in [0.15, 0.2) is 0 Å². The van der Waals surface area contributed by atoms with Gasteiger partial charge in [-0.1, -0.05) is 33.6 Å². The topological polar surface area (TPSA) is 9.23 Å². The van der Waals surface area contributed by atoms with E-state index >= 15 is 0 Å². The van der Waals surface area contributed by atoms with Crippen LogP contribution in [-0.4, -0.2) is 14.4 Å². The molecule has 0 unspecified atom stereocenters. The fraction of sp³-hybridized carbons (Fsp3) is 0.867. The zero-order valence-corrected chi connectivity index (χ0v) is 13.2. The van der Waals surface area contributed by atoms with Gasteiger partial charge in [-0.05, 0) is 36.9 Å². The summed E-state index contributed by atoms with van der Waals surface area (Å²) in [5.41, 5.74) is 0. The van der Waals surface area contributed by atoms with Crippen LogP contribution < -0.4 is 0 Å². The predicted molar refractivity (Wildman–Crippen MR) is 77.5 cm³/mol. The van der Waals surface area contributed by atoms with E-state index in [9.17, 15) is 0 Å². The lowest BCUT2D eigenvalue weighted by Gasteiger charge is -2.42. The van der Waals surface area contributed by atoms with Gasteiger partial charge in [-0.3, -0.25) is 0 Å². The smallest absolute Gasteiger partial charge is 0.192 e. The Morgan fingerprint density at radius 1 is 1.24 bits per heavy atom. The molecular weight excluding hydrogens is 224 g/mol. The van der Waals surface area contributed by atoms with Crippen molar-refractivity contribution in [3.05, 3.63) is 0 Å². The van der Waals surface area contributed by atoms with Crippen LogP contribution in [0.3, 0.4) is 0 Å². The second kappa shape index (κ2) is 5.59. The van der Waals surface area contributed by atoms with Crippen molar-refractivity contribution in [2.45, 2.75) is 77.1 Å². The molecule has 0 radical (unpaired) electrons. The van der Waals surface area contributed by atoms with Crippen LogP contribution in [0.25, 0.3) is 0 Å². The van der Waals surface area contributed by atoms with Gasteiger partial charge in [-0.25, -0.2) is 0 Å². The molecule has 1 nitrogen and oxygen atoms in total. The van der Waals surface area contributed by atoms with Crippen LogP contribution in [0.5, 0.6) is 0 Å². The van der Waals surface area contributed by atoms with Gasteiger partial charge < -0.3 is 4.43 Å². The monoisotopic (exact) mass is 252 g/mol. The van der Waals surface area contributed by atoms with Crippen molar-refractivity contribution >= 4 is 8.32 Å². The first-order valence-electron chi connectivity index (χ1n) is 6.89. The molecule has 0 aromatic rings. The number of hydrogen-bond donors (Lipinski definition) is 0. The number of terminal acetylenes is 1. The molecular formula is C15H28OSi. The molecule has 1 rings (SSSR count). The summed E-state index contributed by atoms with van der Waals surface area (Å²) in [6, 6.07) is 0. The summed E-state index contributed by atoms with van der Waals surface area (Å²) in [4.78, 5) is 0. The van der Waals surface area contributed by atoms with Crippen molar-refractivity contribution in [2.75, 3.05) is 0 Å². The molecule has 0 aliphatic heterocycles. The minimum absolute atomic E-state index is 0.297. The lowest BCUT2D eigenvalue weighted by molar-refractivity contribution is 0.0816. The van der Waals surface area contributed by atoms with Gasteiger partial charge in [0.25, 0.3) is 0 Å². The Balaban J connectivity index is 2.68. The van der Waals surface area contributed by atoms with Crippen LogP contribution in [-0.2, 0) is 4.43 Å². The zero-order valence-electron chi connectivity index (χ0n) is 12.2. The third kappa shape index (κ3) is 3.86. The van der Waals surface area contributed by atoms with E-state index in [0.29, 0.717) is 17.1 Å². The molecule has 2 atom stereocenters. The van der Waals surface area contributed by atoms with E-state index in [1.807, 2.05) is 0 Å². The Hall–Kier alpha value is -0.263. The van der Waals surface area contributed by atoms with E-state index in [1.165, 1.54) is 25.7 Å². The first kappa shape index (κ1) is 14.8. The van der Waals surface area contributed by atoms with Gasteiger partial charge in [0.1, 0.15) is 0 Å². The summed E-state index contributed by atoms with van der Waals surface area (Å²) in [7, 11) is -1.63. The van der Waals surface area contributed by atoms with Crippen molar-refractivity contribution in [1.82, 2.24) is 0 Å². The van der Waals surface area contributed by atoms with Crippen LogP contribution >= 0.6 is 0 Å². The molecule has 17 heavy (non-hydrogen) atoms. The van der Waals surface area contributed by atoms with Crippen molar-refractivity contribution in [1.29, 1.82) is 0 Å². The Morgan fingerprint density at radius 3 is 2.35 bits per heavy atom. The molecule has 1 aliphatic rings. The summed E-state index contributed by atoms with van der Waals surface area (Å²) >= 11 is 0. The van der Waals surface area contributed by atoms with Gasteiger partial charge in [0.2, 0.25) is 0 Å². The molecule has 2 heteroatoms. The van der Waals surface area contributed by atoms with Crippen molar-refractivity contribution in [2.24, 2.45) is 5.92 Å². The zero-order chi connectivity index (χ0) is 13.1. The van der Waals surface area contributed by atoms with E-state index in [2.05, 4.69) is 39.8 Å². The summed E-state index contributed by atoms with van der Waals surface area (Å²) < 4.78 is 6.55. The molecule has 0 aromatic carbocycles. The molecule has 0 spiro atoms. The Labute approximate surface area is 108 Å². The average molecular weight is 252 g/mol. The van der Waals surface area contributed by atoms with Crippen LogP contribution in [0, 0.1) is 18.3 Å². The highest BCUT2D eigenvalue weighted by Gasteiger charge is 2.40. The van der Waals surface area contributed by atoms with Crippen molar-refractivity contribution in [3.8, 4) is 12.3 Å². The van der Waals surface area contributed by atoms with Crippen LogP contribution in [0.2, 0.25) is 18.1 Å². The minimum Gasteiger partial charge on any atom is -0.414 e. The summed E-state index contributed by atoms with van der Waals surface area (Å²) in [6.45, 7) is 11.6. The van der Waals surface area contributed by atoms with E-state index in [4.69, 9.17) is 10.8 Å². The Kier molecular flexibility index (Phi) is 4.86. The summed E-state index contributed by atoms with van der Waals surface area (Å²) in [5, 5.41) is 0.297. The molecule has 0 heterocycles. The molecule has 98 valence electrons. The first-order chi connectivity index (χ1) is 7.78. The number of hydrogen-bond acceptors (Lipinski definition) is 1. The van der Waals surface area contributed by atoms with E-state index in [-0.39, 0.29) is 0 Å². The largest absolute Gasteiger partial charge is 0.414 e. The highest BCUT2D eigenvalue weighted by molar-refractivity contribution is 6.74. The second-order valence-corrected chi connectivity index (χ2v) is 11.6. The van der Waals surface area contributed by atoms with E-state index in [1.54, 1.807) is 0 Å². The number of rotatable bonds is 3. The van der Waals surface area contributed by atoms with Gasteiger partial charge in [0.15, 0.2) is 8.32 Å². The van der Waals surface area contributed by atoms with Gasteiger partial charge in [-0.2, -0.15) is 0 Å². The summed E-state index contributed by atoms with van der Waals surface area (Å²) in [6.07, 6.45) is 11.9. The molecule has 1 saturated carbocycles. The molecule has 0 saturated heterocycles. The standard InChI is InChI=1S/C15H28OSi/c1-7-10-13-11-8-9-12-14(13)16-17(5,6)15(2,3)4/h1,13-14H,8-12H2,2-6H3/t13-,14+/m1/s1. The molecule has 1 fully saturated rings. The predicted octanol–water partition coefficient (Wildman–Crippen LogP) is 4.59. The van der Waals surface area contributed by atoms with E-state index in [0.717, 1.165) is 6.42 Å². The molecule has 0 aromatic heterocycles. The van der Waals surface area contributed by atoms with E-state index < -0.39 is 8.32 Å². The Bertz CT molecular complexity index is 282. The maximum absolute atomic E-state index is 6.55. The summed E-state index contributed by atoms with van der Waals surface area (Å²) in [5.74, 6) is 3.43. The highest BCUT2D eigenvalue weighted by Crippen LogP contribution is 2.40. The maximum atomic E-state index is 6.55. The fourth-order valence-corrected chi connectivity index (χ4v) is 3.69. The third-order valence-corrected chi connectivity index (χ3v) is 8.98. The molecule has 0 bridgehead atoms. The van der Waals surface area contributed by atoms with Gasteiger partial charge in [-0.15, -0.1) is 12.3 Å². The maximum Gasteiger partial charge on any atom is 0.192 e. The van der Waals surface area contributed by atoms with Gasteiger partial charge in [0, 0.05) is 12.5 Å². The lowest BCUT2D eigenvalue weighted by Crippen LogP contribution is -2.46. The third-order valence-electron chi connectivity index (χ3n) is 4.47. The molecule has 0 amide bonds. The molecule has 1 aliphatic carbocycles. The van der Waals surface area contributed by atoms with Crippen LogP contribution in [0.4, 0.5) is 0 Å². The highest BCUT2D eigenvalue weighted by atomic mass is 28.4. The Morgan fingerprint density at radius 2 is 1.82 bits per heavy atom. The van der Waals surface area contributed by atoms with Crippen molar-refractivity contribution < 1.29 is 4.43 Å². The minimum atomic E-state index is -1.63. The normalized spacial score (nSPS) is 26.6. The van der Waals surface area contributed by atoms with Gasteiger partial charge >= 0.3 is 0 Å². The first-order valence-corrected chi connectivity index (χ1v) is 9.80. The second-order valence-electron chi connectivity index (χ2n) is 6.87. The average Bonchev–Trinajstić information content (AvgIpc) is 2.19. The fourth-order valence-electron chi connectivity index (χ4n) is 2.27. The quantitative estimate of drug-likeness (QED) is 0.527. The van der Waals surface area contributed by atoms with Crippen LogP contribution in [0.1, 0.15) is 52.9 Å². The van der Waals surface area contributed by atoms with Crippen molar-refractivity contribution in [3.63, 3.8) is 0 Å². The SMILES string of the molecule is C#CC[C@@H]1CCCC[C@@H]1O[Si](C)(C)C(C)(C)C. The lowest BCUT2D eigenvalue weighted by atomic mass is 9.85.